The van der Waals surface area contributed by atoms with Gasteiger partial charge in [0.1, 0.15) is 0 Å². The summed E-state index contributed by atoms with van der Waals surface area (Å²) in [5.41, 5.74) is 18.6. The number of hydrogen-bond donors (Lipinski definition) is 9. The Morgan fingerprint density at radius 3 is 1.40 bits per heavy atom. The third kappa shape index (κ3) is 24.3. The summed E-state index contributed by atoms with van der Waals surface area (Å²) in [6.07, 6.45) is 12.6. The standard InChI is InChI=1S/C22H24Cl2N2O3S.C21H22Cl2N2O3S.C20H15BrN2O2.2C17H13Cl2NO2/c1-3-4-5-10-30(28,29)26-22(27)16-7-9-21-19(12-16)18(14(2)25-21)11-15-6-8-17(23)13-20(15)24;1-2-3-4-9-29(27,28)25-21(26)15-6-8-20-18(11-15)16(13-24-20)10-14-5-7-17(22)12-19(14)23;1-11-15(16-8-12(20(24)25)6-7-17(16)23-11)9-18-19(21)14-5-3-2-4-13(14)10-22-18;1-10-8-20(9-12-2-4-13(18)7-15(12)19)16-6-11(17(21)22)3-5-14(10)16;1-9-13-5-3-11(17(21)22)7-16(13)20-15(9)6-10-2-4-12(18)8-14(10)19/h6-9,12-13,25H,3-5,10-11H2,1-2H3,(H,26,27);5-8,11-13,24H,2-4,9-10H2,1H3,(H,25,26);2-8,10,23H,9H2,1H3,(H,24,25);2-8H,9H2,1H3,(H,21,22);2-5,7-8,20H,6H2,1H3,(H,21,22). The first-order chi connectivity index (χ1) is 60.9. The fourth-order valence-corrected chi connectivity index (χ4v) is 19.5. The number of fused-ring (bicyclic) bond motifs is 6. The van der Waals surface area contributed by atoms with Crippen molar-refractivity contribution in [3.8, 4) is 0 Å². The molecule has 20 nitrogen and oxygen atoms in total. The van der Waals surface area contributed by atoms with E-state index in [2.05, 4.69) is 56.4 Å². The van der Waals surface area contributed by atoms with Gasteiger partial charge in [0.2, 0.25) is 20.0 Å². The van der Waals surface area contributed by atoms with Crippen molar-refractivity contribution in [3.63, 3.8) is 0 Å². The number of pyridine rings is 1. The number of aromatic nitrogens is 6. The van der Waals surface area contributed by atoms with Crippen LogP contribution in [-0.2, 0) is 52.3 Å². The van der Waals surface area contributed by atoms with Crippen molar-refractivity contribution >= 4 is 224 Å². The Balaban J connectivity index is 0.000000146. The molecule has 0 fully saturated rings. The lowest BCUT2D eigenvalue weighted by Gasteiger charge is -2.08. The summed E-state index contributed by atoms with van der Waals surface area (Å²) in [5, 5.41) is 39.1. The summed E-state index contributed by atoms with van der Waals surface area (Å²) in [6.45, 7) is 12.5. The van der Waals surface area contributed by atoms with Crippen molar-refractivity contribution in [2.45, 2.75) is 112 Å². The molecular weight excluding hydrogens is 1900 g/mol. The third-order valence-corrected chi connectivity index (χ3v) is 27.6. The molecule has 0 saturated carbocycles. The van der Waals surface area contributed by atoms with Crippen LogP contribution in [0.5, 0.6) is 0 Å². The van der Waals surface area contributed by atoms with E-state index in [4.69, 9.17) is 103 Å². The van der Waals surface area contributed by atoms with E-state index in [1.54, 1.807) is 115 Å². The Kier molecular flexibility index (Phi) is 32.2. The molecule has 0 aliphatic heterocycles. The van der Waals surface area contributed by atoms with Gasteiger partial charge >= 0.3 is 17.9 Å². The van der Waals surface area contributed by atoms with Crippen LogP contribution in [0.3, 0.4) is 0 Å². The van der Waals surface area contributed by atoms with Crippen LogP contribution in [0, 0.1) is 27.7 Å². The number of nitrogens with zero attached hydrogens (tertiary/aromatic N) is 2. The smallest absolute Gasteiger partial charge is 0.335 e. The number of benzene rings is 10. The molecule has 6 heterocycles. The number of carboxylic acids is 3. The zero-order valence-electron chi connectivity index (χ0n) is 70.0. The van der Waals surface area contributed by atoms with Crippen molar-refractivity contribution in [1.29, 1.82) is 0 Å². The average molecular weight is 1980 g/mol. The van der Waals surface area contributed by atoms with Crippen molar-refractivity contribution in [2.24, 2.45) is 0 Å². The number of aryl methyl sites for hydroxylation is 4. The lowest BCUT2D eigenvalue weighted by Crippen LogP contribution is -2.32. The maximum Gasteiger partial charge on any atom is 0.335 e. The Morgan fingerprint density at radius 2 is 0.875 bits per heavy atom. The minimum Gasteiger partial charge on any atom is -0.478 e. The van der Waals surface area contributed by atoms with Gasteiger partial charge in [0.05, 0.1) is 33.9 Å². The Morgan fingerprint density at radius 1 is 0.430 bits per heavy atom. The quantitative estimate of drug-likeness (QED) is 0.0241. The maximum atomic E-state index is 12.6. The molecule has 16 rings (SSSR count). The number of amides is 2. The first kappa shape index (κ1) is 96.4. The lowest BCUT2D eigenvalue weighted by molar-refractivity contribution is 0.0686. The highest BCUT2D eigenvalue weighted by atomic mass is 79.9. The van der Waals surface area contributed by atoms with E-state index >= 15 is 0 Å². The van der Waals surface area contributed by atoms with Crippen LogP contribution in [0.1, 0.15) is 177 Å². The van der Waals surface area contributed by atoms with E-state index in [9.17, 15) is 45.9 Å². The second-order valence-corrected chi connectivity index (χ2v) is 38.7. The lowest BCUT2D eigenvalue weighted by atomic mass is 10.0. The molecule has 0 unspecified atom stereocenters. The van der Waals surface area contributed by atoms with Crippen LogP contribution >= 0.6 is 109 Å². The van der Waals surface area contributed by atoms with Crippen molar-refractivity contribution < 1.29 is 56.1 Å². The fourth-order valence-electron chi connectivity index (χ4n) is 14.9. The number of carboxylic acid groups (broad SMARTS) is 3. The number of nitrogens with one attached hydrogen (secondary N) is 6. The summed E-state index contributed by atoms with van der Waals surface area (Å²) in [5.74, 6) is -4.15. The first-order valence-corrected chi connectivity index (χ1v) is 47.7. The molecule has 0 radical (unpaired) electrons. The van der Waals surface area contributed by atoms with Gasteiger partial charge in [0.25, 0.3) is 11.8 Å². The van der Waals surface area contributed by atoms with Crippen LogP contribution in [-0.4, -0.2) is 103 Å². The predicted molar refractivity (Wildman–Crippen MR) is 522 cm³/mol. The number of aromatic carboxylic acids is 3. The van der Waals surface area contributed by atoms with Gasteiger partial charge in [-0.3, -0.25) is 14.6 Å². The van der Waals surface area contributed by atoms with E-state index in [0.717, 1.165) is 168 Å². The Labute approximate surface area is 787 Å². The molecule has 0 spiro atoms. The third-order valence-electron chi connectivity index (χ3n) is 21.7. The number of unbranched alkanes of at least 4 members (excludes halogenated alkanes) is 4. The van der Waals surface area contributed by atoms with E-state index in [1.807, 2.05) is 131 Å². The Hall–Kier alpha value is -10.6. The normalized spacial score (nSPS) is 11.4. The summed E-state index contributed by atoms with van der Waals surface area (Å²) >= 11 is 52.5. The van der Waals surface area contributed by atoms with Gasteiger partial charge in [0, 0.05) is 184 Å². The van der Waals surface area contributed by atoms with E-state index < -0.39 is 49.8 Å². The molecule has 0 aliphatic carbocycles. The van der Waals surface area contributed by atoms with Gasteiger partial charge in [-0.05, 0) is 239 Å². The highest BCUT2D eigenvalue weighted by Gasteiger charge is 2.23. The SMILES string of the molecule is CCCCCS(=O)(=O)NC(=O)c1ccc2[nH]c(C)c(Cc3ccc(Cl)cc3Cl)c2c1.CCCCCS(=O)(=O)NC(=O)c1ccc2[nH]cc(Cc3ccc(Cl)cc3Cl)c2c1.Cc1[nH]c2ccc(C(=O)O)cc2c1Cc1ncc2ccccc2c1Br.Cc1c(Cc2ccc(Cl)cc2Cl)[nH]c2cc(C(=O)O)ccc12.Cc1cn(Cc2ccc(Cl)cc2Cl)c2cc(C(=O)O)ccc12. The van der Waals surface area contributed by atoms with Gasteiger partial charge in [-0.15, -0.1) is 0 Å². The molecule has 662 valence electrons. The molecular formula is C97H87BrCl8N8O12S2. The molecule has 9 N–H and O–H groups in total. The van der Waals surface area contributed by atoms with Gasteiger partial charge in [-0.2, -0.15) is 0 Å². The maximum absolute atomic E-state index is 12.6. The number of H-pyrrole nitrogens is 4. The molecule has 31 heteroatoms. The zero-order chi connectivity index (χ0) is 92.2. The summed E-state index contributed by atoms with van der Waals surface area (Å²) < 4.78 is 55.9. The van der Waals surface area contributed by atoms with Crippen molar-refractivity contribution in [3.05, 3.63) is 352 Å². The van der Waals surface area contributed by atoms with Gasteiger partial charge in [-0.25, -0.2) is 40.7 Å². The van der Waals surface area contributed by atoms with Crippen LogP contribution in [0.4, 0.5) is 0 Å². The van der Waals surface area contributed by atoms with Crippen molar-refractivity contribution in [1.82, 2.24) is 38.9 Å². The average Bonchev–Trinajstić information content (AvgIpc) is 1.49. The minimum atomic E-state index is -3.65. The monoisotopic (exact) mass is 1980 g/mol. The van der Waals surface area contributed by atoms with Crippen LogP contribution in [0.2, 0.25) is 40.2 Å². The molecule has 128 heavy (non-hydrogen) atoms. The minimum absolute atomic E-state index is 0.0563. The highest BCUT2D eigenvalue weighted by Crippen LogP contribution is 2.36. The molecule has 16 aromatic rings. The predicted octanol–water partition coefficient (Wildman–Crippen LogP) is 26.1. The fraction of sp³-hybridized carbons (Fsp3) is 0.196. The first-order valence-electron chi connectivity index (χ1n) is 40.5. The zero-order valence-corrected chi connectivity index (χ0v) is 79.2. The van der Waals surface area contributed by atoms with E-state index in [-0.39, 0.29) is 22.6 Å². The molecule has 10 aromatic carbocycles. The van der Waals surface area contributed by atoms with Crippen molar-refractivity contribution in [2.75, 3.05) is 11.5 Å². The summed E-state index contributed by atoms with van der Waals surface area (Å²) in [4.78, 5) is 76.3. The van der Waals surface area contributed by atoms with Gasteiger partial charge in [0.15, 0.2) is 0 Å². The number of rotatable bonds is 25. The number of carbonyl (C=O) groups excluding carboxylic acids is 2. The van der Waals surface area contributed by atoms with Gasteiger partial charge in [-0.1, -0.05) is 193 Å². The second kappa shape index (κ2) is 42.7. The topological polar surface area (TPSA) is 319 Å². The van der Waals surface area contributed by atoms with Crippen LogP contribution in [0.15, 0.2) is 211 Å². The largest absolute Gasteiger partial charge is 0.478 e. The molecule has 0 atom stereocenters. The Bertz CT molecular complexity index is 7180. The highest BCUT2D eigenvalue weighted by molar-refractivity contribution is 9.10. The van der Waals surface area contributed by atoms with E-state index in [1.165, 1.54) is 0 Å². The summed E-state index contributed by atoms with van der Waals surface area (Å²) in [6, 6.07) is 55.2. The molecule has 0 aliphatic rings. The number of carbonyl (C=O) groups is 5. The van der Waals surface area contributed by atoms with Crippen LogP contribution < -0.4 is 9.44 Å². The molecule has 6 aromatic heterocycles. The number of sulfonamides is 2. The molecule has 0 bridgehead atoms. The molecule has 2 amide bonds. The number of halogens is 9. The number of hydrogen-bond acceptors (Lipinski definition) is 10. The van der Waals surface area contributed by atoms with Gasteiger partial charge < -0.3 is 39.8 Å². The molecule has 0 saturated heterocycles. The van der Waals surface area contributed by atoms with Crippen LogP contribution in [0.25, 0.3) is 65.3 Å². The number of aromatic amines is 4. The van der Waals surface area contributed by atoms with E-state index in [0.29, 0.717) is 102 Å². The second-order valence-electron chi connectivity index (χ2n) is 30.8. The summed E-state index contributed by atoms with van der Waals surface area (Å²) in [7, 11) is -7.30.